The zero-order valence-electron chi connectivity index (χ0n) is 12.3. The van der Waals surface area contributed by atoms with Crippen molar-refractivity contribution in [2.45, 2.75) is 38.7 Å². The molecule has 0 aromatic heterocycles. The van der Waals surface area contributed by atoms with E-state index in [0.717, 1.165) is 18.4 Å². The van der Waals surface area contributed by atoms with Gasteiger partial charge in [-0.25, -0.2) is 4.79 Å². The van der Waals surface area contributed by atoms with Crippen LogP contribution in [0, 0.1) is 5.92 Å². The van der Waals surface area contributed by atoms with Crippen molar-refractivity contribution in [3.05, 3.63) is 35.9 Å². The van der Waals surface area contributed by atoms with E-state index in [1.165, 1.54) is 19.3 Å². The predicted molar refractivity (Wildman–Crippen MR) is 82.8 cm³/mol. The molecule has 0 radical (unpaired) electrons. The molecule has 0 bridgehead atoms. The Bertz CT molecular complexity index is 468. The maximum atomic E-state index is 11.9. The number of hydrogen-bond donors (Lipinski definition) is 2. The summed E-state index contributed by atoms with van der Waals surface area (Å²) in [4.78, 5) is 16.1. The molecule has 114 valence electrons. The van der Waals surface area contributed by atoms with Crippen LogP contribution in [-0.2, 0) is 11.3 Å². The average Bonchev–Trinajstić information content (AvgIpc) is 2.54. The molecular formula is C16H23N3O2. The molecule has 1 aliphatic rings. The summed E-state index contributed by atoms with van der Waals surface area (Å²) in [6, 6.07) is 9.60. The normalized spacial score (nSPS) is 16.5. The summed E-state index contributed by atoms with van der Waals surface area (Å²) in [6.45, 7) is 0.443. The first kappa shape index (κ1) is 15.5. The zero-order valence-corrected chi connectivity index (χ0v) is 12.3. The highest BCUT2D eigenvalue weighted by Crippen LogP contribution is 2.24. The van der Waals surface area contributed by atoms with Gasteiger partial charge in [-0.05, 0) is 18.4 Å². The highest BCUT2D eigenvalue weighted by Gasteiger charge is 2.21. The van der Waals surface area contributed by atoms with Crippen LogP contribution in [0.2, 0.25) is 0 Å². The first-order valence-corrected chi connectivity index (χ1v) is 7.51. The Hall–Kier alpha value is -1.88. The second-order valence-corrected chi connectivity index (χ2v) is 5.25. The van der Waals surface area contributed by atoms with Crippen LogP contribution in [0.25, 0.3) is 0 Å². The van der Waals surface area contributed by atoms with E-state index in [2.05, 4.69) is 10.3 Å². The largest absolute Gasteiger partial charge is 0.444 e. The fraction of sp³-hybridized carbons (Fsp3) is 0.500. The quantitative estimate of drug-likeness (QED) is 0.661. The smallest absolute Gasteiger partial charge is 0.412 e. The minimum absolute atomic E-state index is 0.185. The van der Waals surface area contributed by atoms with Gasteiger partial charge in [0.15, 0.2) is 0 Å². The number of aliphatic imine (C=N–C) groups is 1. The minimum atomic E-state index is -0.461. The summed E-state index contributed by atoms with van der Waals surface area (Å²) in [5.74, 6) is 0.974. The van der Waals surface area contributed by atoms with E-state index < -0.39 is 6.09 Å². The van der Waals surface area contributed by atoms with Gasteiger partial charge in [0.25, 0.3) is 0 Å². The lowest BCUT2D eigenvalue weighted by Crippen LogP contribution is -2.37. The van der Waals surface area contributed by atoms with Crippen molar-refractivity contribution < 1.29 is 9.53 Å². The highest BCUT2D eigenvalue weighted by atomic mass is 16.5. The number of carbonyl (C=O) groups excluding carboxylic acids is 1. The van der Waals surface area contributed by atoms with Crippen LogP contribution in [0.1, 0.15) is 37.7 Å². The molecule has 0 saturated heterocycles. The fourth-order valence-corrected chi connectivity index (χ4v) is 2.61. The Balaban J connectivity index is 1.85. The molecule has 21 heavy (non-hydrogen) atoms. The SMILES string of the molecule is NC/N=C(/NC(=O)OCc1ccccc1)C1CCCCC1. The monoisotopic (exact) mass is 289 g/mol. The number of carbonyl (C=O) groups is 1. The molecule has 5 nitrogen and oxygen atoms in total. The van der Waals surface area contributed by atoms with Crippen LogP contribution in [0.3, 0.4) is 0 Å². The van der Waals surface area contributed by atoms with Crippen LogP contribution >= 0.6 is 0 Å². The third-order valence-electron chi connectivity index (χ3n) is 3.70. The van der Waals surface area contributed by atoms with E-state index >= 15 is 0 Å². The van der Waals surface area contributed by atoms with E-state index in [9.17, 15) is 4.79 Å². The number of nitrogens with two attached hydrogens (primary N) is 1. The lowest BCUT2D eigenvalue weighted by Gasteiger charge is -2.23. The molecule has 0 atom stereocenters. The van der Waals surface area contributed by atoms with Gasteiger partial charge in [-0.2, -0.15) is 0 Å². The number of hydrogen-bond acceptors (Lipinski definition) is 4. The molecular weight excluding hydrogens is 266 g/mol. The Morgan fingerprint density at radius 3 is 2.62 bits per heavy atom. The molecule has 1 aromatic carbocycles. The number of nitrogens with zero attached hydrogens (tertiary/aromatic N) is 1. The molecule has 0 spiro atoms. The van der Waals surface area contributed by atoms with Gasteiger partial charge in [0, 0.05) is 5.92 Å². The number of benzene rings is 1. The van der Waals surface area contributed by atoms with Crippen molar-refractivity contribution >= 4 is 11.9 Å². The molecule has 0 heterocycles. The Morgan fingerprint density at radius 2 is 1.95 bits per heavy atom. The van der Waals surface area contributed by atoms with Crippen molar-refractivity contribution in [1.29, 1.82) is 0 Å². The van der Waals surface area contributed by atoms with E-state index in [1.54, 1.807) is 0 Å². The number of rotatable bonds is 4. The summed E-state index contributed by atoms with van der Waals surface area (Å²) < 4.78 is 5.22. The van der Waals surface area contributed by atoms with Gasteiger partial charge < -0.3 is 10.5 Å². The van der Waals surface area contributed by atoms with E-state index in [4.69, 9.17) is 10.5 Å². The van der Waals surface area contributed by atoms with E-state index in [0.29, 0.717) is 11.8 Å². The summed E-state index contributed by atoms with van der Waals surface area (Å²) in [5, 5.41) is 2.77. The van der Waals surface area contributed by atoms with Crippen LogP contribution in [0.5, 0.6) is 0 Å². The molecule has 1 aromatic rings. The van der Waals surface area contributed by atoms with Gasteiger partial charge >= 0.3 is 6.09 Å². The topological polar surface area (TPSA) is 76.7 Å². The standard InChI is InChI=1S/C16H23N3O2/c17-12-18-15(14-9-5-2-6-10-14)19-16(20)21-11-13-7-3-1-4-8-13/h1,3-4,7-8,14H,2,5-6,9-12,17H2,(H,18,19,20). The summed E-state index contributed by atoms with van der Waals surface area (Å²) in [6.07, 6.45) is 5.25. The van der Waals surface area contributed by atoms with Crippen molar-refractivity contribution in [1.82, 2.24) is 5.32 Å². The third kappa shape index (κ3) is 5.19. The van der Waals surface area contributed by atoms with Gasteiger partial charge in [-0.15, -0.1) is 0 Å². The zero-order chi connectivity index (χ0) is 14.9. The lowest BCUT2D eigenvalue weighted by molar-refractivity contribution is 0.144. The molecule has 2 rings (SSSR count). The predicted octanol–water partition coefficient (Wildman–Crippen LogP) is 2.81. The van der Waals surface area contributed by atoms with Crippen molar-refractivity contribution in [2.24, 2.45) is 16.6 Å². The number of alkyl carbamates (subject to hydrolysis) is 1. The third-order valence-corrected chi connectivity index (χ3v) is 3.70. The number of ether oxygens (including phenoxy) is 1. The van der Waals surface area contributed by atoms with Crippen LogP contribution in [0.4, 0.5) is 4.79 Å². The van der Waals surface area contributed by atoms with Gasteiger partial charge in [0.2, 0.25) is 0 Å². The molecule has 3 N–H and O–H groups in total. The molecule has 5 heteroatoms. The molecule has 1 aliphatic carbocycles. The van der Waals surface area contributed by atoms with Crippen molar-refractivity contribution in [2.75, 3.05) is 6.67 Å². The summed E-state index contributed by atoms with van der Waals surface area (Å²) in [5.41, 5.74) is 6.46. The van der Waals surface area contributed by atoms with E-state index in [1.807, 2.05) is 30.3 Å². The minimum Gasteiger partial charge on any atom is -0.444 e. The van der Waals surface area contributed by atoms with Crippen LogP contribution < -0.4 is 11.1 Å². The van der Waals surface area contributed by atoms with Crippen molar-refractivity contribution in [3.8, 4) is 0 Å². The number of amides is 1. The highest BCUT2D eigenvalue weighted by molar-refractivity contribution is 5.96. The Kier molecular flexibility index (Phi) is 6.22. The molecule has 0 unspecified atom stereocenters. The van der Waals surface area contributed by atoms with Gasteiger partial charge in [0.1, 0.15) is 12.4 Å². The molecule has 1 amide bonds. The van der Waals surface area contributed by atoms with Crippen LogP contribution in [-0.4, -0.2) is 18.6 Å². The number of amidine groups is 1. The Morgan fingerprint density at radius 1 is 1.24 bits per heavy atom. The molecule has 0 aliphatic heterocycles. The van der Waals surface area contributed by atoms with E-state index in [-0.39, 0.29) is 13.3 Å². The maximum Gasteiger partial charge on any atom is 0.412 e. The summed E-state index contributed by atoms with van der Waals surface area (Å²) in [7, 11) is 0. The first-order valence-electron chi connectivity index (χ1n) is 7.51. The van der Waals surface area contributed by atoms with Crippen LogP contribution in [0.15, 0.2) is 35.3 Å². The second-order valence-electron chi connectivity index (χ2n) is 5.25. The molecule has 1 saturated carbocycles. The number of nitrogens with one attached hydrogen (secondary N) is 1. The molecule has 1 fully saturated rings. The summed E-state index contributed by atoms with van der Waals surface area (Å²) >= 11 is 0. The maximum absolute atomic E-state index is 11.9. The average molecular weight is 289 g/mol. The van der Waals surface area contributed by atoms with Crippen molar-refractivity contribution in [3.63, 3.8) is 0 Å². The fourth-order valence-electron chi connectivity index (χ4n) is 2.61. The van der Waals surface area contributed by atoms with Gasteiger partial charge in [-0.1, -0.05) is 49.6 Å². The Labute approximate surface area is 125 Å². The second kappa shape index (κ2) is 8.42. The van der Waals surface area contributed by atoms with Gasteiger partial charge in [-0.3, -0.25) is 10.3 Å². The first-order chi connectivity index (χ1) is 10.3. The van der Waals surface area contributed by atoms with Gasteiger partial charge in [0.05, 0.1) is 6.67 Å². The lowest BCUT2D eigenvalue weighted by atomic mass is 9.88.